The van der Waals surface area contributed by atoms with Crippen LogP contribution in [-0.2, 0) is 4.79 Å². The summed E-state index contributed by atoms with van der Waals surface area (Å²) in [6.45, 7) is 0. The average Bonchev–Trinajstić information content (AvgIpc) is 2.82. The highest BCUT2D eigenvalue weighted by Crippen LogP contribution is 2.32. The van der Waals surface area contributed by atoms with Crippen molar-refractivity contribution in [1.82, 2.24) is 5.32 Å². The second-order valence-electron chi connectivity index (χ2n) is 4.83. The van der Waals surface area contributed by atoms with E-state index in [4.69, 9.17) is 16.7 Å². The van der Waals surface area contributed by atoms with Crippen LogP contribution in [0, 0.1) is 11.7 Å². The molecule has 5 nitrogen and oxygen atoms in total. The summed E-state index contributed by atoms with van der Waals surface area (Å²) in [6, 6.07) is 1.28. The minimum absolute atomic E-state index is 0.0539. The number of aliphatic carboxylic acids is 1. The van der Waals surface area contributed by atoms with Gasteiger partial charge in [0.25, 0.3) is 0 Å². The van der Waals surface area contributed by atoms with Crippen molar-refractivity contribution in [3.8, 4) is 0 Å². The van der Waals surface area contributed by atoms with Crippen molar-refractivity contribution in [2.24, 2.45) is 5.92 Å². The standard InChI is InChI=1S/C13H13BrClFN2O3/c14-8-4-6(16)5-9(15)11(8)18-13(21)17-10-3-1-2-7(10)12(19)20/h4-5,7,10H,1-3H2,(H,19,20)(H2,17,18,21). The van der Waals surface area contributed by atoms with Crippen molar-refractivity contribution in [3.63, 3.8) is 0 Å². The summed E-state index contributed by atoms with van der Waals surface area (Å²) in [5, 5.41) is 14.2. The number of carbonyl (C=O) groups is 2. The smallest absolute Gasteiger partial charge is 0.319 e. The van der Waals surface area contributed by atoms with Gasteiger partial charge in [0.15, 0.2) is 0 Å². The van der Waals surface area contributed by atoms with Crippen LogP contribution in [0.15, 0.2) is 16.6 Å². The van der Waals surface area contributed by atoms with Crippen molar-refractivity contribution in [3.05, 3.63) is 27.4 Å². The number of hydrogen-bond donors (Lipinski definition) is 3. The molecule has 0 spiro atoms. The maximum Gasteiger partial charge on any atom is 0.319 e. The summed E-state index contributed by atoms with van der Waals surface area (Å²) < 4.78 is 13.4. The van der Waals surface area contributed by atoms with Crippen LogP contribution in [0.4, 0.5) is 14.9 Å². The predicted molar refractivity (Wildman–Crippen MR) is 80.0 cm³/mol. The van der Waals surface area contributed by atoms with E-state index in [0.29, 0.717) is 17.3 Å². The Morgan fingerprint density at radius 3 is 2.71 bits per heavy atom. The molecule has 2 unspecified atom stereocenters. The molecule has 114 valence electrons. The Bertz CT molecular complexity index is 562. The predicted octanol–water partition coefficient (Wildman–Crippen LogP) is 3.62. The molecular formula is C13H13BrClFN2O3. The van der Waals surface area contributed by atoms with E-state index < -0.39 is 29.8 Å². The SMILES string of the molecule is O=C(Nc1c(Cl)cc(F)cc1Br)NC1CCCC1C(=O)O. The number of hydrogen-bond acceptors (Lipinski definition) is 2. The third-order valence-corrected chi connectivity index (χ3v) is 4.32. The molecule has 0 saturated heterocycles. The summed E-state index contributed by atoms with van der Waals surface area (Å²) in [7, 11) is 0. The highest BCUT2D eigenvalue weighted by atomic mass is 79.9. The van der Waals surface area contributed by atoms with E-state index in [2.05, 4.69) is 26.6 Å². The molecule has 8 heteroatoms. The third-order valence-electron chi connectivity index (χ3n) is 3.40. The second kappa shape index (κ2) is 6.62. The van der Waals surface area contributed by atoms with Gasteiger partial charge in [0.1, 0.15) is 5.82 Å². The third kappa shape index (κ3) is 3.85. The average molecular weight is 380 g/mol. The summed E-state index contributed by atoms with van der Waals surface area (Å²) in [5.74, 6) is -2.03. The molecule has 2 atom stereocenters. The minimum Gasteiger partial charge on any atom is -0.481 e. The number of carboxylic acid groups (broad SMARTS) is 1. The van der Waals surface area contributed by atoms with Crippen LogP contribution in [0.25, 0.3) is 0 Å². The van der Waals surface area contributed by atoms with E-state index in [1.807, 2.05) is 0 Å². The van der Waals surface area contributed by atoms with Crippen LogP contribution in [0.5, 0.6) is 0 Å². The Morgan fingerprint density at radius 1 is 1.38 bits per heavy atom. The number of carboxylic acids is 1. The van der Waals surface area contributed by atoms with E-state index in [9.17, 15) is 14.0 Å². The van der Waals surface area contributed by atoms with Gasteiger partial charge in [-0.2, -0.15) is 0 Å². The van der Waals surface area contributed by atoms with Gasteiger partial charge in [0.2, 0.25) is 0 Å². The lowest BCUT2D eigenvalue weighted by Gasteiger charge is -2.18. The highest BCUT2D eigenvalue weighted by Gasteiger charge is 2.34. The molecule has 0 radical (unpaired) electrons. The lowest BCUT2D eigenvalue weighted by Crippen LogP contribution is -2.42. The molecule has 3 N–H and O–H groups in total. The molecule has 0 bridgehead atoms. The molecule has 2 amide bonds. The molecule has 1 aromatic carbocycles. The Kier molecular flexibility index (Phi) is 5.05. The largest absolute Gasteiger partial charge is 0.481 e. The molecule has 0 aromatic heterocycles. The zero-order chi connectivity index (χ0) is 15.6. The Morgan fingerprint density at radius 2 is 2.10 bits per heavy atom. The number of carbonyl (C=O) groups excluding carboxylic acids is 1. The van der Waals surface area contributed by atoms with Crippen LogP contribution in [-0.4, -0.2) is 23.1 Å². The first kappa shape index (κ1) is 16.0. The molecule has 0 aliphatic heterocycles. The molecular weight excluding hydrogens is 367 g/mol. The maximum absolute atomic E-state index is 13.1. The Labute approximate surface area is 134 Å². The van der Waals surface area contributed by atoms with Crippen molar-refractivity contribution in [2.45, 2.75) is 25.3 Å². The molecule has 1 aliphatic carbocycles. The fraction of sp³-hybridized carbons (Fsp3) is 0.385. The van der Waals surface area contributed by atoms with Gasteiger partial charge < -0.3 is 15.7 Å². The summed E-state index contributed by atoms with van der Waals surface area (Å²) in [6.07, 6.45) is 1.91. The number of anilines is 1. The molecule has 1 saturated carbocycles. The van der Waals surface area contributed by atoms with Gasteiger partial charge in [-0.15, -0.1) is 0 Å². The fourth-order valence-electron chi connectivity index (χ4n) is 2.41. The summed E-state index contributed by atoms with van der Waals surface area (Å²) in [5.41, 5.74) is 0.237. The van der Waals surface area contributed by atoms with E-state index in [0.717, 1.165) is 12.5 Å². The van der Waals surface area contributed by atoms with Gasteiger partial charge in [-0.1, -0.05) is 18.0 Å². The molecule has 1 aromatic rings. The number of nitrogens with one attached hydrogen (secondary N) is 2. The van der Waals surface area contributed by atoms with Crippen molar-refractivity contribution < 1.29 is 19.1 Å². The van der Waals surface area contributed by atoms with Crippen LogP contribution < -0.4 is 10.6 Å². The quantitative estimate of drug-likeness (QED) is 0.750. The van der Waals surface area contributed by atoms with Gasteiger partial charge >= 0.3 is 12.0 Å². The minimum atomic E-state index is -0.918. The van der Waals surface area contributed by atoms with E-state index >= 15 is 0 Å². The highest BCUT2D eigenvalue weighted by molar-refractivity contribution is 9.10. The maximum atomic E-state index is 13.1. The topological polar surface area (TPSA) is 78.4 Å². The zero-order valence-corrected chi connectivity index (χ0v) is 13.2. The van der Waals surface area contributed by atoms with Crippen LogP contribution in [0.2, 0.25) is 5.02 Å². The number of rotatable bonds is 3. The lowest BCUT2D eigenvalue weighted by atomic mass is 10.0. The monoisotopic (exact) mass is 378 g/mol. The van der Waals surface area contributed by atoms with E-state index in [1.54, 1.807) is 0 Å². The Balaban J connectivity index is 2.04. The van der Waals surface area contributed by atoms with Crippen molar-refractivity contribution in [2.75, 3.05) is 5.32 Å². The number of benzene rings is 1. The fourth-order valence-corrected chi connectivity index (χ4v) is 3.31. The second-order valence-corrected chi connectivity index (χ2v) is 6.09. The molecule has 0 heterocycles. The number of halogens is 3. The van der Waals surface area contributed by atoms with Crippen molar-refractivity contribution in [1.29, 1.82) is 0 Å². The van der Waals surface area contributed by atoms with Crippen LogP contribution in [0.3, 0.4) is 0 Å². The van der Waals surface area contributed by atoms with Gasteiger partial charge in [0.05, 0.1) is 16.6 Å². The molecule has 21 heavy (non-hydrogen) atoms. The van der Waals surface area contributed by atoms with Gasteiger partial charge in [0, 0.05) is 10.5 Å². The van der Waals surface area contributed by atoms with Gasteiger partial charge in [-0.3, -0.25) is 4.79 Å². The van der Waals surface area contributed by atoms with Crippen LogP contribution in [0.1, 0.15) is 19.3 Å². The van der Waals surface area contributed by atoms with E-state index in [-0.39, 0.29) is 10.7 Å². The number of amides is 2. The zero-order valence-electron chi connectivity index (χ0n) is 10.8. The number of urea groups is 1. The summed E-state index contributed by atoms with van der Waals surface area (Å²) in [4.78, 5) is 23.0. The normalized spacial score (nSPS) is 21.1. The Hall–Kier alpha value is -1.34. The first-order valence-corrected chi connectivity index (χ1v) is 7.50. The lowest BCUT2D eigenvalue weighted by molar-refractivity contribution is -0.142. The van der Waals surface area contributed by atoms with E-state index in [1.165, 1.54) is 6.07 Å². The van der Waals surface area contributed by atoms with Crippen LogP contribution >= 0.6 is 27.5 Å². The van der Waals surface area contributed by atoms with Gasteiger partial charge in [-0.05, 0) is 40.9 Å². The molecule has 1 aliphatic rings. The molecule has 1 fully saturated rings. The molecule has 2 rings (SSSR count). The summed E-state index contributed by atoms with van der Waals surface area (Å²) >= 11 is 8.98. The van der Waals surface area contributed by atoms with Crippen molar-refractivity contribution >= 4 is 45.2 Å². The first-order chi connectivity index (χ1) is 9.88. The van der Waals surface area contributed by atoms with Gasteiger partial charge in [-0.25, -0.2) is 9.18 Å². The first-order valence-electron chi connectivity index (χ1n) is 6.33.